The quantitative estimate of drug-likeness (QED) is 0.168. The Morgan fingerprint density at radius 3 is 2.49 bits per heavy atom. The molecule has 0 N–H and O–H groups in total. The Kier molecular flexibility index (Phi) is 8.97. The van der Waals surface area contributed by atoms with Crippen LogP contribution in [0.2, 0.25) is 0 Å². The van der Waals surface area contributed by atoms with E-state index in [4.69, 9.17) is 14.5 Å². The minimum absolute atomic E-state index is 0.0400. The summed E-state index contributed by atoms with van der Waals surface area (Å²) in [5, 5.41) is 0. The van der Waals surface area contributed by atoms with Crippen LogP contribution in [-0.4, -0.2) is 29.5 Å². The zero-order valence-corrected chi connectivity index (χ0v) is 26.3. The lowest BCUT2D eigenvalue weighted by Crippen LogP contribution is -2.40. The van der Waals surface area contributed by atoms with Crippen molar-refractivity contribution in [3.05, 3.63) is 119 Å². The van der Waals surface area contributed by atoms with E-state index in [-0.39, 0.29) is 18.3 Å². The van der Waals surface area contributed by atoms with Gasteiger partial charge in [0, 0.05) is 10.5 Å². The van der Waals surface area contributed by atoms with Gasteiger partial charge < -0.3 is 9.47 Å². The molecule has 0 aliphatic carbocycles. The molecule has 41 heavy (non-hydrogen) atoms. The monoisotopic (exact) mass is 648 g/mol. The highest BCUT2D eigenvalue weighted by Crippen LogP contribution is 2.35. The second-order valence-electron chi connectivity index (χ2n) is 9.56. The highest BCUT2D eigenvalue weighted by molar-refractivity contribution is 9.10. The van der Waals surface area contributed by atoms with E-state index in [9.17, 15) is 9.59 Å². The molecule has 4 aromatic rings. The van der Waals surface area contributed by atoms with Gasteiger partial charge in [-0.2, -0.15) is 0 Å². The zero-order valence-electron chi connectivity index (χ0n) is 23.1. The fraction of sp³-hybridized carbons (Fsp3) is 0.219. The maximum Gasteiger partial charge on any atom is 0.338 e. The van der Waals surface area contributed by atoms with Crippen LogP contribution in [0.5, 0.6) is 5.75 Å². The van der Waals surface area contributed by atoms with E-state index in [0.29, 0.717) is 20.6 Å². The largest absolute Gasteiger partial charge is 0.490 e. The molecule has 1 aliphatic heterocycles. The zero-order chi connectivity index (χ0) is 29.1. The molecule has 210 valence electrons. The van der Waals surface area contributed by atoms with Crippen molar-refractivity contribution in [3.63, 3.8) is 0 Å². The van der Waals surface area contributed by atoms with Gasteiger partial charge in [-0.15, -0.1) is 11.8 Å². The highest BCUT2D eigenvalue weighted by atomic mass is 79.9. The molecule has 3 aromatic carbocycles. The molecule has 9 heteroatoms. The maximum atomic E-state index is 14.1. The highest BCUT2D eigenvalue weighted by Gasteiger charge is 2.35. The fourth-order valence-electron chi connectivity index (χ4n) is 4.65. The Balaban J connectivity index is 1.75. The van der Waals surface area contributed by atoms with E-state index < -0.39 is 12.0 Å². The number of rotatable bonds is 8. The van der Waals surface area contributed by atoms with E-state index in [1.54, 1.807) is 23.3 Å². The van der Waals surface area contributed by atoms with Crippen molar-refractivity contribution >= 4 is 56.8 Å². The van der Waals surface area contributed by atoms with Crippen molar-refractivity contribution < 1.29 is 14.3 Å². The summed E-state index contributed by atoms with van der Waals surface area (Å²) in [6.07, 6.45) is 3.89. The van der Waals surface area contributed by atoms with Gasteiger partial charge in [-0.05, 0) is 84.4 Å². The number of esters is 1. The molecular formula is C32H29BrN2O4S2. The third kappa shape index (κ3) is 6.12. The molecule has 0 bridgehead atoms. The van der Waals surface area contributed by atoms with Crippen molar-refractivity contribution in [2.75, 3.05) is 12.9 Å². The van der Waals surface area contributed by atoms with Crippen molar-refractivity contribution in [1.29, 1.82) is 0 Å². The van der Waals surface area contributed by atoms with Crippen LogP contribution in [0, 0.1) is 0 Å². The van der Waals surface area contributed by atoms with E-state index in [1.807, 2.05) is 99.0 Å². The number of fused-ring (bicyclic) bond motifs is 1. The summed E-state index contributed by atoms with van der Waals surface area (Å²) in [4.78, 5) is 34.1. The molecule has 0 spiro atoms. The van der Waals surface area contributed by atoms with Gasteiger partial charge in [0.05, 0.1) is 39.0 Å². The molecule has 1 aliphatic rings. The predicted octanol–water partition coefficient (Wildman–Crippen LogP) is 6.21. The number of hydrogen-bond donors (Lipinski definition) is 0. The van der Waals surface area contributed by atoms with Crippen LogP contribution in [0.15, 0.2) is 97.5 Å². The molecule has 5 rings (SSSR count). The summed E-state index contributed by atoms with van der Waals surface area (Å²) in [5.74, 6) is 0.242. The molecule has 0 radical (unpaired) electrons. The molecule has 0 amide bonds. The number of carbonyl (C=O) groups is 1. The first kappa shape index (κ1) is 29.1. The lowest BCUT2D eigenvalue weighted by atomic mass is 9.93. The molecule has 6 nitrogen and oxygen atoms in total. The first-order valence-corrected chi connectivity index (χ1v) is 16.0. The van der Waals surface area contributed by atoms with Crippen molar-refractivity contribution in [1.82, 2.24) is 4.57 Å². The number of halogens is 1. The van der Waals surface area contributed by atoms with Crippen LogP contribution < -0.4 is 19.6 Å². The Morgan fingerprint density at radius 2 is 1.85 bits per heavy atom. The van der Waals surface area contributed by atoms with Gasteiger partial charge in [0.2, 0.25) is 0 Å². The van der Waals surface area contributed by atoms with Crippen molar-refractivity contribution in [2.24, 2.45) is 4.99 Å². The van der Waals surface area contributed by atoms with Gasteiger partial charge in [0.1, 0.15) is 5.75 Å². The number of thioether (sulfide) groups is 1. The fourth-order valence-corrected chi connectivity index (χ4v) is 6.55. The summed E-state index contributed by atoms with van der Waals surface area (Å²) < 4.78 is 14.3. The van der Waals surface area contributed by atoms with Gasteiger partial charge in [-0.3, -0.25) is 9.36 Å². The number of aromatic nitrogens is 1. The van der Waals surface area contributed by atoms with Crippen molar-refractivity contribution in [2.45, 2.75) is 37.8 Å². The van der Waals surface area contributed by atoms with Gasteiger partial charge in [0.15, 0.2) is 4.80 Å². The number of hydrogen-bond acceptors (Lipinski definition) is 7. The maximum absolute atomic E-state index is 14.1. The molecular weight excluding hydrogens is 620 g/mol. The van der Waals surface area contributed by atoms with Crippen LogP contribution in [0.4, 0.5) is 0 Å². The minimum Gasteiger partial charge on any atom is -0.490 e. The molecule has 0 fully saturated rings. The Hall–Kier alpha value is -3.40. The summed E-state index contributed by atoms with van der Waals surface area (Å²) in [7, 11) is 0. The van der Waals surface area contributed by atoms with Crippen LogP contribution in [-0.2, 0) is 9.53 Å². The van der Waals surface area contributed by atoms with Crippen LogP contribution >= 0.6 is 39.0 Å². The average molecular weight is 650 g/mol. The SMILES string of the molecule is CCOC(=O)C1=C(c2ccccc2)N=c2s/c(=C\c3ccc(OC(C)C)c(Br)c3)c(=O)n2[C@H]1c1ccc(SC)cc1. The Morgan fingerprint density at radius 1 is 1.12 bits per heavy atom. The molecule has 1 atom stereocenters. The first-order valence-electron chi connectivity index (χ1n) is 13.2. The van der Waals surface area contributed by atoms with E-state index in [0.717, 1.165) is 31.8 Å². The van der Waals surface area contributed by atoms with Crippen LogP contribution in [0.1, 0.15) is 43.5 Å². The normalized spacial score (nSPS) is 15.1. The molecule has 0 saturated heterocycles. The number of carbonyl (C=O) groups excluding carboxylic acids is 1. The van der Waals surface area contributed by atoms with Crippen molar-refractivity contribution in [3.8, 4) is 5.75 Å². The smallest absolute Gasteiger partial charge is 0.338 e. The summed E-state index contributed by atoms with van der Waals surface area (Å²) >= 11 is 6.52. The standard InChI is InChI=1S/C32H29BrN2O4S2/c1-5-38-31(37)27-28(21-9-7-6-8-10-21)34-32-35(29(27)22-12-14-23(40-4)15-13-22)30(36)26(41-32)18-20-11-16-25(24(33)17-20)39-19(2)3/h6-19,29H,5H2,1-4H3/b26-18-/t29-/m0/s1. The third-order valence-corrected chi connectivity index (χ3v) is 8.77. The molecule has 0 unspecified atom stereocenters. The Bertz CT molecular complexity index is 1790. The predicted molar refractivity (Wildman–Crippen MR) is 169 cm³/mol. The van der Waals surface area contributed by atoms with Gasteiger partial charge in [-0.1, -0.05) is 59.9 Å². The number of ether oxygens (including phenoxy) is 2. The first-order chi connectivity index (χ1) is 19.8. The van der Waals surface area contributed by atoms with E-state index in [2.05, 4.69) is 15.9 Å². The van der Waals surface area contributed by atoms with Crippen LogP contribution in [0.25, 0.3) is 11.8 Å². The molecule has 1 aromatic heterocycles. The lowest BCUT2D eigenvalue weighted by molar-refractivity contribution is -0.138. The summed E-state index contributed by atoms with van der Waals surface area (Å²) in [6, 6.07) is 22.5. The topological polar surface area (TPSA) is 69.9 Å². The average Bonchev–Trinajstić information content (AvgIpc) is 3.28. The molecule has 0 saturated carbocycles. The second kappa shape index (κ2) is 12.6. The van der Waals surface area contributed by atoms with Gasteiger partial charge in [-0.25, -0.2) is 9.79 Å². The lowest BCUT2D eigenvalue weighted by Gasteiger charge is -2.26. The summed E-state index contributed by atoms with van der Waals surface area (Å²) in [6.45, 7) is 5.92. The number of nitrogens with zero attached hydrogens (tertiary/aromatic N) is 2. The Labute approximate surface area is 255 Å². The third-order valence-electron chi connectivity index (χ3n) is 6.42. The molecule has 2 heterocycles. The number of thiazole rings is 1. The van der Waals surface area contributed by atoms with Crippen LogP contribution in [0.3, 0.4) is 0 Å². The van der Waals surface area contributed by atoms with E-state index in [1.165, 1.54) is 11.3 Å². The summed E-state index contributed by atoms with van der Waals surface area (Å²) in [5.41, 5.74) is 3.05. The second-order valence-corrected chi connectivity index (χ2v) is 12.3. The van der Waals surface area contributed by atoms with Gasteiger partial charge in [0.25, 0.3) is 5.56 Å². The van der Waals surface area contributed by atoms with Gasteiger partial charge >= 0.3 is 5.97 Å². The number of benzene rings is 3. The minimum atomic E-state index is -0.702. The van der Waals surface area contributed by atoms with E-state index >= 15 is 0 Å².